The maximum Gasteiger partial charge on any atom is 0.0640 e. The lowest BCUT2D eigenvalue weighted by molar-refractivity contribution is 1.31. The van der Waals surface area contributed by atoms with Crippen LogP contribution < -0.4 is 4.90 Å². The minimum Gasteiger partial charge on any atom is -0.309 e. The lowest BCUT2D eigenvalue weighted by atomic mass is 9.93. The van der Waals surface area contributed by atoms with E-state index in [0.29, 0.717) is 0 Å². The third-order valence-corrected chi connectivity index (χ3v) is 11.0. The Morgan fingerprint density at radius 3 is 1.75 bits per heavy atom. The summed E-state index contributed by atoms with van der Waals surface area (Å²) >= 11 is 1.89. The summed E-state index contributed by atoms with van der Waals surface area (Å²) in [5.41, 5.74) is 5.94. The van der Waals surface area contributed by atoms with Crippen molar-refractivity contribution in [2.24, 2.45) is 0 Å². The van der Waals surface area contributed by atoms with Crippen LogP contribution >= 0.6 is 11.3 Å². The average molecular weight is 628 g/mol. The van der Waals surface area contributed by atoms with Crippen LogP contribution in [-0.4, -0.2) is 0 Å². The molecule has 1 heterocycles. The Hall–Kier alpha value is -5.96. The molecule has 0 N–H and O–H groups in total. The molecule has 0 atom stereocenters. The number of anilines is 3. The second-order valence-corrected chi connectivity index (χ2v) is 13.6. The molecule has 0 bridgehead atoms. The van der Waals surface area contributed by atoms with E-state index >= 15 is 0 Å². The lowest BCUT2D eigenvalue weighted by Gasteiger charge is -2.26. The third-order valence-electron chi connectivity index (χ3n) is 9.78. The SMILES string of the molecule is c1ccc2cc(N(c3ccc(-c4cc5ccccc5c5ccccc45)cc3)c3cccc4c3sc3cc5ccccc5cc34)ccc2c1. The van der Waals surface area contributed by atoms with Crippen molar-refractivity contribution in [1.29, 1.82) is 0 Å². The number of nitrogens with zero attached hydrogens (tertiary/aromatic N) is 1. The fraction of sp³-hybridized carbons (Fsp3) is 0. The van der Waals surface area contributed by atoms with Gasteiger partial charge in [-0.3, -0.25) is 0 Å². The van der Waals surface area contributed by atoms with Gasteiger partial charge in [0, 0.05) is 26.8 Å². The van der Waals surface area contributed by atoms with E-state index in [1.165, 1.54) is 80.1 Å². The summed E-state index contributed by atoms with van der Waals surface area (Å²) in [6.07, 6.45) is 0. The number of rotatable bonds is 4. The Morgan fingerprint density at radius 2 is 0.958 bits per heavy atom. The monoisotopic (exact) mass is 627 g/mol. The predicted molar refractivity (Wildman–Crippen MR) is 209 cm³/mol. The van der Waals surface area contributed by atoms with E-state index in [-0.39, 0.29) is 0 Å². The van der Waals surface area contributed by atoms with Crippen LogP contribution in [0.5, 0.6) is 0 Å². The molecule has 0 unspecified atom stereocenters. The van der Waals surface area contributed by atoms with Gasteiger partial charge >= 0.3 is 0 Å². The highest BCUT2D eigenvalue weighted by atomic mass is 32.1. The van der Waals surface area contributed by atoms with Crippen LogP contribution in [0.1, 0.15) is 0 Å². The highest BCUT2D eigenvalue weighted by Gasteiger charge is 2.19. The second kappa shape index (κ2) is 10.8. The predicted octanol–water partition coefficient (Wildman–Crippen LogP) is 13.8. The Balaban J connectivity index is 1.18. The van der Waals surface area contributed by atoms with Crippen LogP contribution in [0.15, 0.2) is 176 Å². The van der Waals surface area contributed by atoms with Crippen molar-refractivity contribution < 1.29 is 0 Å². The standard InChI is InChI=1S/C46H29NS/c1-2-11-32-26-37(25-20-30(32)10-1)47(44-19-9-18-41-43-27-33-12-3-4-13-34(33)29-45(43)48-46(41)44)36-23-21-31(22-24-36)42-28-35-14-5-6-15-38(35)39-16-7-8-17-40(39)42/h1-29H. The number of thiophene rings is 1. The van der Waals surface area contributed by atoms with Crippen LogP contribution in [0, 0.1) is 0 Å². The van der Waals surface area contributed by atoms with Gasteiger partial charge in [-0.05, 0) is 103 Å². The maximum absolute atomic E-state index is 2.44. The fourth-order valence-electron chi connectivity index (χ4n) is 7.47. The molecule has 0 saturated carbocycles. The van der Waals surface area contributed by atoms with E-state index < -0.39 is 0 Å². The Kier molecular flexibility index (Phi) is 6.12. The molecule has 0 aliphatic heterocycles. The van der Waals surface area contributed by atoms with Gasteiger partial charge in [0.1, 0.15) is 0 Å². The zero-order valence-electron chi connectivity index (χ0n) is 26.1. The summed E-state index contributed by atoms with van der Waals surface area (Å²) in [7, 11) is 0. The molecule has 10 aromatic rings. The van der Waals surface area contributed by atoms with Crippen LogP contribution in [0.4, 0.5) is 17.1 Å². The van der Waals surface area contributed by atoms with Gasteiger partial charge in [0.2, 0.25) is 0 Å². The van der Waals surface area contributed by atoms with Crippen LogP contribution in [0.2, 0.25) is 0 Å². The smallest absolute Gasteiger partial charge is 0.0640 e. The molecule has 0 spiro atoms. The molecule has 0 fully saturated rings. The Bertz CT molecular complexity index is 2840. The largest absolute Gasteiger partial charge is 0.309 e. The molecule has 1 aromatic heterocycles. The van der Waals surface area contributed by atoms with Crippen LogP contribution in [0.3, 0.4) is 0 Å². The van der Waals surface area contributed by atoms with E-state index in [9.17, 15) is 0 Å². The van der Waals surface area contributed by atoms with E-state index in [2.05, 4.69) is 181 Å². The zero-order valence-corrected chi connectivity index (χ0v) is 26.9. The molecule has 1 nitrogen and oxygen atoms in total. The molecular formula is C46H29NS. The number of fused-ring (bicyclic) bond motifs is 8. The second-order valence-electron chi connectivity index (χ2n) is 12.6. The normalized spacial score (nSPS) is 11.8. The molecule has 9 aromatic carbocycles. The van der Waals surface area contributed by atoms with Gasteiger partial charge in [-0.1, -0.05) is 127 Å². The first-order chi connectivity index (χ1) is 23.8. The van der Waals surface area contributed by atoms with Crippen molar-refractivity contribution in [1.82, 2.24) is 0 Å². The highest BCUT2D eigenvalue weighted by molar-refractivity contribution is 7.26. The summed E-state index contributed by atoms with van der Waals surface area (Å²) in [5.74, 6) is 0. The first-order valence-corrected chi connectivity index (χ1v) is 17.2. The summed E-state index contributed by atoms with van der Waals surface area (Å²) in [5, 5.41) is 12.8. The minimum absolute atomic E-state index is 1.13. The van der Waals surface area contributed by atoms with E-state index in [0.717, 1.165) is 11.4 Å². The van der Waals surface area contributed by atoms with Crippen molar-refractivity contribution in [3.63, 3.8) is 0 Å². The van der Waals surface area contributed by atoms with Crippen LogP contribution in [-0.2, 0) is 0 Å². The van der Waals surface area contributed by atoms with Crippen molar-refractivity contribution >= 4 is 91.7 Å². The fourth-order valence-corrected chi connectivity index (χ4v) is 8.71. The quantitative estimate of drug-likeness (QED) is 0.176. The van der Waals surface area contributed by atoms with E-state index in [4.69, 9.17) is 0 Å². The third kappa shape index (κ3) is 4.31. The van der Waals surface area contributed by atoms with Gasteiger partial charge in [-0.25, -0.2) is 0 Å². The zero-order chi connectivity index (χ0) is 31.6. The van der Waals surface area contributed by atoms with E-state index in [1.54, 1.807) is 0 Å². The number of hydrogen-bond acceptors (Lipinski definition) is 2. The number of hydrogen-bond donors (Lipinski definition) is 0. The van der Waals surface area contributed by atoms with E-state index in [1.807, 2.05) is 11.3 Å². The first kappa shape index (κ1) is 27.2. The molecule has 0 aliphatic carbocycles. The Labute approximate surface area is 282 Å². The molecule has 0 amide bonds. The summed E-state index contributed by atoms with van der Waals surface area (Å²) in [6, 6.07) is 64.5. The van der Waals surface area contributed by atoms with Gasteiger partial charge in [-0.2, -0.15) is 0 Å². The lowest BCUT2D eigenvalue weighted by Crippen LogP contribution is -2.10. The van der Waals surface area contributed by atoms with Crippen LogP contribution in [0.25, 0.3) is 74.4 Å². The summed E-state index contributed by atoms with van der Waals surface area (Å²) < 4.78 is 2.61. The van der Waals surface area contributed by atoms with Gasteiger partial charge in [0.05, 0.1) is 10.4 Å². The topological polar surface area (TPSA) is 3.24 Å². The summed E-state index contributed by atoms with van der Waals surface area (Å²) in [4.78, 5) is 2.44. The highest BCUT2D eigenvalue weighted by Crippen LogP contribution is 2.46. The first-order valence-electron chi connectivity index (χ1n) is 16.4. The average Bonchev–Trinajstić information content (AvgIpc) is 3.52. The van der Waals surface area contributed by atoms with Crippen molar-refractivity contribution in [3.05, 3.63) is 176 Å². The molecule has 0 saturated heterocycles. The molecule has 48 heavy (non-hydrogen) atoms. The number of benzene rings is 9. The molecule has 0 aliphatic rings. The molecule has 224 valence electrons. The molecule has 2 heteroatoms. The Morgan fingerprint density at radius 1 is 0.354 bits per heavy atom. The van der Waals surface area contributed by atoms with Crippen molar-refractivity contribution in [3.8, 4) is 11.1 Å². The molecule has 10 rings (SSSR count). The minimum atomic E-state index is 1.13. The molecular weight excluding hydrogens is 599 g/mol. The maximum atomic E-state index is 2.44. The van der Waals surface area contributed by atoms with Gasteiger partial charge in [0.15, 0.2) is 0 Å². The molecule has 0 radical (unpaired) electrons. The van der Waals surface area contributed by atoms with Crippen molar-refractivity contribution in [2.45, 2.75) is 0 Å². The van der Waals surface area contributed by atoms with Gasteiger partial charge in [0.25, 0.3) is 0 Å². The van der Waals surface area contributed by atoms with Gasteiger partial charge in [-0.15, -0.1) is 11.3 Å². The summed E-state index contributed by atoms with van der Waals surface area (Å²) in [6.45, 7) is 0. The van der Waals surface area contributed by atoms with Gasteiger partial charge < -0.3 is 4.90 Å². The van der Waals surface area contributed by atoms with Crippen molar-refractivity contribution in [2.75, 3.05) is 4.90 Å².